The number of para-hydroxylation sites is 1. The highest BCUT2D eigenvalue weighted by molar-refractivity contribution is 6.01. The number of ether oxygens (including phenoxy) is 1. The second-order valence-electron chi connectivity index (χ2n) is 7.40. The van der Waals surface area contributed by atoms with Crippen LogP contribution in [0.25, 0.3) is 6.08 Å². The maximum Gasteiger partial charge on any atom is 0.249 e. The summed E-state index contributed by atoms with van der Waals surface area (Å²) in [5.74, 6) is 0.0480. The topological polar surface area (TPSA) is 56.2 Å². The number of nitrogens with zero attached hydrogens (tertiary/aromatic N) is 2. The van der Waals surface area contributed by atoms with Gasteiger partial charge in [-0.15, -0.1) is 0 Å². The van der Waals surface area contributed by atoms with Crippen LogP contribution in [0.15, 0.2) is 85.3 Å². The lowest BCUT2D eigenvalue weighted by Crippen LogP contribution is -2.08. The Kier molecular flexibility index (Phi) is 6.59. The summed E-state index contributed by atoms with van der Waals surface area (Å²) in [7, 11) is 0. The number of amides is 1. The summed E-state index contributed by atoms with van der Waals surface area (Å²) in [6, 6.07) is 19.4. The molecule has 166 valence electrons. The summed E-state index contributed by atoms with van der Waals surface area (Å²) in [6.07, 6.45) is 5.95. The molecule has 3 aromatic carbocycles. The standard InChI is InChI=1S/C26H21F2N3O2/c1-18-10-12-23(27)22(26(18)28)15-31-16-24(29-17-31)30-25(32)13-11-19-6-5-9-21(14-19)33-20-7-3-2-4-8-20/h2-14,16-17H,15H2,1H3,(H,30,32)/b13-11+. The fraction of sp³-hybridized carbons (Fsp3) is 0.0769. The number of carbonyl (C=O) groups excluding carboxylic acids is 1. The zero-order chi connectivity index (χ0) is 23.2. The molecule has 0 aliphatic rings. The second-order valence-corrected chi connectivity index (χ2v) is 7.40. The molecule has 1 N–H and O–H groups in total. The second kappa shape index (κ2) is 9.91. The lowest BCUT2D eigenvalue weighted by Gasteiger charge is -2.07. The van der Waals surface area contributed by atoms with Crippen molar-refractivity contribution in [2.24, 2.45) is 0 Å². The van der Waals surface area contributed by atoms with Crippen molar-refractivity contribution in [1.29, 1.82) is 0 Å². The van der Waals surface area contributed by atoms with Gasteiger partial charge in [-0.05, 0) is 54.5 Å². The number of rotatable bonds is 7. The predicted molar refractivity (Wildman–Crippen MR) is 123 cm³/mol. The van der Waals surface area contributed by atoms with Crippen molar-refractivity contribution in [3.05, 3.63) is 114 Å². The monoisotopic (exact) mass is 445 g/mol. The fourth-order valence-corrected chi connectivity index (χ4v) is 3.20. The molecule has 0 unspecified atom stereocenters. The van der Waals surface area contributed by atoms with Crippen molar-refractivity contribution < 1.29 is 18.3 Å². The summed E-state index contributed by atoms with van der Waals surface area (Å²) in [6.45, 7) is 1.54. The molecule has 4 rings (SSSR count). The van der Waals surface area contributed by atoms with Gasteiger partial charge in [-0.2, -0.15) is 0 Å². The highest BCUT2D eigenvalue weighted by atomic mass is 19.1. The van der Waals surface area contributed by atoms with Gasteiger partial charge in [0.05, 0.1) is 12.9 Å². The first-order valence-electron chi connectivity index (χ1n) is 10.3. The van der Waals surface area contributed by atoms with Gasteiger partial charge in [-0.25, -0.2) is 13.8 Å². The van der Waals surface area contributed by atoms with E-state index in [1.807, 2.05) is 54.6 Å². The van der Waals surface area contributed by atoms with Gasteiger partial charge in [-0.1, -0.05) is 36.4 Å². The molecule has 1 aromatic heterocycles. The van der Waals surface area contributed by atoms with Crippen LogP contribution in [0.1, 0.15) is 16.7 Å². The minimum Gasteiger partial charge on any atom is -0.457 e. The normalized spacial score (nSPS) is 11.0. The van der Waals surface area contributed by atoms with E-state index >= 15 is 0 Å². The quantitative estimate of drug-likeness (QED) is 0.357. The maximum absolute atomic E-state index is 14.2. The molecule has 1 amide bonds. The Balaban J connectivity index is 1.37. The van der Waals surface area contributed by atoms with Crippen molar-refractivity contribution in [1.82, 2.24) is 9.55 Å². The van der Waals surface area contributed by atoms with E-state index in [1.165, 1.54) is 35.3 Å². The molecule has 0 atom stereocenters. The van der Waals surface area contributed by atoms with Gasteiger partial charge >= 0.3 is 0 Å². The van der Waals surface area contributed by atoms with E-state index in [4.69, 9.17) is 4.74 Å². The van der Waals surface area contributed by atoms with E-state index in [1.54, 1.807) is 13.0 Å². The van der Waals surface area contributed by atoms with Gasteiger partial charge in [0.2, 0.25) is 5.91 Å². The first-order chi connectivity index (χ1) is 16.0. The molecule has 0 fully saturated rings. The van der Waals surface area contributed by atoms with Gasteiger partial charge in [-0.3, -0.25) is 4.79 Å². The van der Waals surface area contributed by atoms with Crippen LogP contribution in [0.3, 0.4) is 0 Å². The molecule has 4 aromatic rings. The third kappa shape index (κ3) is 5.71. The molecule has 5 nitrogen and oxygen atoms in total. The average Bonchev–Trinajstić information content (AvgIpc) is 3.25. The highest BCUT2D eigenvalue weighted by Crippen LogP contribution is 2.22. The number of hydrogen-bond donors (Lipinski definition) is 1. The van der Waals surface area contributed by atoms with Crippen LogP contribution >= 0.6 is 0 Å². The van der Waals surface area contributed by atoms with Crippen molar-refractivity contribution in [3.8, 4) is 11.5 Å². The van der Waals surface area contributed by atoms with E-state index < -0.39 is 11.6 Å². The summed E-state index contributed by atoms with van der Waals surface area (Å²) in [4.78, 5) is 16.4. The number of imidazole rings is 1. The summed E-state index contributed by atoms with van der Waals surface area (Å²) in [5.41, 5.74) is 1.10. The Morgan fingerprint density at radius 2 is 1.85 bits per heavy atom. The van der Waals surface area contributed by atoms with Crippen molar-refractivity contribution in [3.63, 3.8) is 0 Å². The number of halogens is 2. The zero-order valence-electron chi connectivity index (χ0n) is 17.8. The first kappa shape index (κ1) is 22.0. The SMILES string of the molecule is Cc1ccc(F)c(Cn2cnc(NC(=O)/C=C/c3cccc(Oc4ccccc4)c3)c2)c1F. The van der Waals surface area contributed by atoms with Crippen LogP contribution in [0, 0.1) is 18.6 Å². The minimum atomic E-state index is -0.626. The fourth-order valence-electron chi connectivity index (χ4n) is 3.20. The van der Waals surface area contributed by atoms with Gasteiger partial charge < -0.3 is 14.6 Å². The van der Waals surface area contributed by atoms with E-state index in [9.17, 15) is 13.6 Å². The number of hydrogen-bond acceptors (Lipinski definition) is 3. The van der Waals surface area contributed by atoms with E-state index in [-0.39, 0.29) is 23.8 Å². The van der Waals surface area contributed by atoms with Crippen molar-refractivity contribution in [2.45, 2.75) is 13.5 Å². The van der Waals surface area contributed by atoms with E-state index in [0.717, 1.165) is 11.3 Å². The Hall–Kier alpha value is -4.26. The molecule has 0 radical (unpaired) electrons. The molecule has 0 spiro atoms. The summed E-state index contributed by atoms with van der Waals surface area (Å²) in [5, 5.41) is 2.64. The number of aromatic nitrogens is 2. The van der Waals surface area contributed by atoms with Crippen molar-refractivity contribution >= 4 is 17.8 Å². The largest absolute Gasteiger partial charge is 0.457 e. The molecule has 0 saturated heterocycles. The Bertz CT molecular complexity index is 1300. The number of anilines is 1. The zero-order valence-corrected chi connectivity index (χ0v) is 17.8. The Morgan fingerprint density at radius 1 is 1.06 bits per heavy atom. The summed E-state index contributed by atoms with van der Waals surface area (Å²) < 4.78 is 35.5. The molecule has 0 aliphatic carbocycles. The van der Waals surface area contributed by atoms with Crippen LogP contribution in [0.5, 0.6) is 11.5 Å². The number of aryl methyl sites for hydroxylation is 1. The van der Waals surface area contributed by atoms with E-state index in [0.29, 0.717) is 11.3 Å². The molecule has 0 saturated carbocycles. The third-order valence-electron chi connectivity index (χ3n) is 4.87. The molecule has 0 bridgehead atoms. The third-order valence-corrected chi connectivity index (χ3v) is 4.87. The van der Waals surface area contributed by atoms with Gasteiger partial charge in [0.25, 0.3) is 0 Å². The average molecular weight is 445 g/mol. The summed E-state index contributed by atoms with van der Waals surface area (Å²) >= 11 is 0. The van der Waals surface area contributed by atoms with Crippen LogP contribution in [-0.2, 0) is 11.3 Å². The molecule has 1 heterocycles. The smallest absolute Gasteiger partial charge is 0.249 e. The van der Waals surface area contributed by atoms with Crippen LogP contribution < -0.4 is 10.1 Å². The van der Waals surface area contributed by atoms with Crippen LogP contribution in [0.4, 0.5) is 14.6 Å². The molecule has 0 aliphatic heterocycles. The van der Waals surface area contributed by atoms with Gasteiger partial charge in [0.1, 0.15) is 23.1 Å². The molecule has 33 heavy (non-hydrogen) atoms. The van der Waals surface area contributed by atoms with Crippen LogP contribution in [0.2, 0.25) is 0 Å². The maximum atomic E-state index is 14.2. The Labute approximate surface area is 190 Å². The molecule has 7 heteroatoms. The Morgan fingerprint density at radius 3 is 2.67 bits per heavy atom. The molecular formula is C26H21F2N3O2. The first-order valence-corrected chi connectivity index (χ1v) is 10.3. The van der Waals surface area contributed by atoms with Crippen molar-refractivity contribution in [2.75, 3.05) is 5.32 Å². The van der Waals surface area contributed by atoms with Gasteiger partial charge in [0, 0.05) is 17.8 Å². The molecular weight excluding hydrogens is 424 g/mol. The number of benzene rings is 3. The van der Waals surface area contributed by atoms with Crippen LogP contribution in [-0.4, -0.2) is 15.5 Å². The predicted octanol–water partition coefficient (Wildman–Crippen LogP) is 5.96. The number of carbonyl (C=O) groups is 1. The lowest BCUT2D eigenvalue weighted by atomic mass is 10.1. The number of nitrogens with one attached hydrogen (secondary N) is 1. The minimum absolute atomic E-state index is 0.0355. The van der Waals surface area contributed by atoms with Gasteiger partial charge in [0.15, 0.2) is 5.82 Å². The lowest BCUT2D eigenvalue weighted by molar-refractivity contribution is -0.111. The highest BCUT2D eigenvalue weighted by Gasteiger charge is 2.12. The van der Waals surface area contributed by atoms with E-state index in [2.05, 4.69) is 10.3 Å².